The molecule has 1 aliphatic heterocycles. The van der Waals surface area contributed by atoms with E-state index in [1.54, 1.807) is 43.8 Å². The number of aryl methyl sites for hydroxylation is 3. The van der Waals surface area contributed by atoms with Crippen molar-refractivity contribution in [1.82, 2.24) is 14.7 Å². The lowest BCUT2D eigenvalue weighted by Crippen LogP contribution is -2.45. The molecule has 0 bridgehead atoms. The van der Waals surface area contributed by atoms with Crippen molar-refractivity contribution >= 4 is 29.4 Å². The molecule has 2 aromatic rings. The second kappa shape index (κ2) is 7.74. The Labute approximate surface area is 174 Å². The van der Waals surface area contributed by atoms with Crippen molar-refractivity contribution in [3.05, 3.63) is 46.3 Å². The fraction of sp³-hybridized carbons (Fsp3) is 0.381. The van der Waals surface area contributed by atoms with Crippen LogP contribution in [0.5, 0.6) is 0 Å². The number of nitrogens with zero attached hydrogens (tertiary/aromatic N) is 3. The van der Waals surface area contributed by atoms with E-state index in [0.29, 0.717) is 11.4 Å². The first kappa shape index (κ1) is 21.2. The second-order valence-electron chi connectivity index (χ2n) is 7.44. The fourth-order valence-electron chi connectivity index (χ4n) is 3.34. The zero-order chi connectivity index (χ0) is 22.3. The van der Waals surface area contributed by atoms with E-state index in [4.69, 9.17) is 4.74 Å². The average Bonchev–Trinajstić information content (AvgIpc) is 3.07. The first-order valence-electron chi connectivity index (χ1n) is 9.53. The summed E-state index contributed by atoms with van der Waals surface area (Å²) in [7, 11) is 1.76. The minimum absolute atomic E-state index is 0.249. The summed E-state index contributed by atoms with van der Waals surface area (Å²) in [4.78, 5) is 51.2. The predicted molar refractivity (Wildman–Crippen MR) is 108 cm³/mol. The molecule has 1 aliphatic rings. The summed E-state index contributed by atoms with van der Waals surface area (Å²) in [6, 6.07) is 3.74. The summed E-state index contributed by atoms with van der Waals surface area (Å²) in [6.45, 7) is 8.19. The minimum Gasteiger partial charge on any atom is -0.451 e. The van der Waals surface area contributed by atoms with Crippen molar-refractivity contribution in [3.8, 4) is 0 Å². The Kier molecular flexibility index (Phi) is 5.47. The number of fused-ring (bicyclic) bond motifs is 1. The van der Waals surface area contributed by atoms with Gasteiger partial charge >= 0.3 is 5.97 Å². The Bertz CT molecular complexity index is 1070. The summed E-state index contributed by atoms with van der Waals surface area (Å²) in [5.41, 5.74) is 3.28. The summed E-state index contributed by atoms with van der Waals surface area (Å²) in [6.07, 6.45) is -1.13. The van der Waals surface area contributed by atoms with Crippen molar-refractivity contribution in [2.24, 2.45) is 7.05 Å². The van der Waals surface area contributed by atoms with E-state index < -0.39 is 35.8 Å². The molecule has 3 rings (SSSR count). The molecule has 0 saturated heterocycles. The predicted octanol–water partition coefficient (Wildman–Crippen LogP) is 1.90. The van der Waals surface area contributed by atoms with Crippen molar-refractivity contribution in [1.29, 1.82) is 0 Å². The largest absolute Gasteiger partial charge is 0.451 e. The monoisotopic (exact) mass is 412 g/mol. The van der Waals surface area contributed by atoms with Crippen LogP contribution in [-0.4, -0.2) is 50.5 Å². The molecule has 0 aliphatic carbocycles. The van der Waals surface area contributed by atoms with Crippen LogP contribution in [0.2, 0.25) is 0 Å². The van der Waals surface area contributed by atoms with Crippen LogP contribution >= 0.6 is 0 Å². The number of esters is 1. The van der Waals surface area contributed by atoms with Crippen LogP contribution in [0.3, 0.4) is 0 Å². The second-order valence-corrected chi connectivity index (χ2v) is 7.44. The highest BCUT2D eigenvalue weighted by molar-refractivity contribution is 6.22. The molecule has 2 unspecified atom stereocenters. The molecule has 0 radical (unpaired) electrons. The number of carbonyl (C=O) groups is 4. The van der Waals surface area contributed by atoms with Crippen molar-refractivity contribution in [2.45, 2.75) is 46.8 Å². The molecule has 1 aromatic carbocycles. The summed E-state index contributed by atoms with van der Waals surface area (Å²) < 4.78 is 6.87. The van der Waals surface area contributed by atoms with Crippen LogP contribution in [0.4, 0.5) is 5.69 Å². The normalized spacial score (nSPS) is 15.1. The molecular weight excluding hydrogens is 388 g/mol. The Morgan fingerprint density at radius 2 is 1.70 bits per heavy atom. The van der Waals surface area contributed by atoms with Crippen molar-refractivity contribution < 1.29 is 23.9 Å². The molecular formula is C21H24N4O5. The molecule has 0 saturated carbocycles. The van der Waals surface area contributed by atoms with Gasteiger partial charge in [0, 0.05) is 7.05 Å². The number of hydrogen-bond acceptors (Lipinski definition) is 6. The van der Waals surface area contributed by atoms with Crippen molar-refractivity contribution in [3.63, 3.8) is 0 Å². The van der Waals surface area contributed by atoms with Gasteiger partial charge in [-0.05, 0) is 46.8 Å². The molecule has 9 heteroatoms. The Morgan fingerprint density at radius 3 is 2.30 bits per heavy atom. The van der Waals surface area contributed by atoms with Crippen LogP contribution in [0, 0.1) is 20.8 Å². The maximum Gasteiger partial charge on any atom is 0.329 e. The molecule has 0 fully saturated rings. The van der Waals surface area contributed by atoms with Gasteiger partial charge in [0.25, 0.3) is 17.7 Å². The molecule has 1 aromatic heterocycles. The zero-order valence-electron chi connectivity index (χ0n) is 17.8. The summed E-state index contributed by atoms with van der Waals surface area (Å²) in [5, 5.41) is 6.92. The number of nitrogens with one attached hydrogen (secondary N) is 1. The van der Waals surface area contributed by atoms with E-state index in [0.717, 1.165) is 16.2 Å². The van der Waals surface area contributed by atoms with E-state index >= 15 is 0 Å². The molecule has 158 valence electrons. The van der Waals surface area contributed by atoms with Gasteiger partial charge in [-0.2, -0.15) is 5.10 Å². The van der Waals surface area contributed by atoms with Gasteiger partial charge in [0.05, 0.1) is 28.2 Å². The third kappa shape index (κ3) is 3.58. The molecule has 9 nitrogen and oxygen atoms in total. The fourth-order valence-corrected chi connectivity index (χ4v) is 3.34. The summed E-state index contributed by atoms with van der Waals surface area (Å²) in [5.74, 6) is -2.49. The number of ether oxygens (including phenoxy) is 1. The quantitative estimate of drug-likeness (QED) is 0.593. The van der Waals surface area contributed by atoms with Gasteiger partial charge in [0.2, 0.25) is 0 Å². The number of anilines is 1. The van der Waals surface area contributed by atoms with Crippen LogP contribution in [0.25, 0.3) is 0 Å². The van der Waals surface area contributed by atoms with Crippen LogP contribution in [0.15, 0.2) is 18.2 Å². The Balaban J connectivity index is 1.69. The Morgan fingerprint density at radius 1 is 1.07 bits per heavy atom. The van der Waals surface area contributed by atoms with E-state index in [-0.39, 0.29) is 11.1 Å². The molecule has 2 atom stereocenters. The number of aromatic nitrogens is 2. The molecule has 2 heterocycles. The average molecular weight is 412 g/mol. The molecule has 0 spiro atoms. The van der Waals surface area contributed by atoms with Crippen LogP contribution in [-0.2, 0) is 21.4 Å². The highest BCUT2D eigenvalue weighted by atomic mass is 16.5. The van der Waals surface area contributed by atoms with E-state index in [1.807, 2.05) is 6.92 Å². The number of rotatable bonds is 5. The third-order valence-electron chi connectivity index (χ3n) is 5.22. The number of carbonyl (C=O) groups excluding carboxylic acids is 4. The van der Waals surface area contributed by atoms with Gasteiger partial charge in [-0.25, -0.2) is 4.79 Å². The van der Waals surface area contributed by atoms with E-state index in [9.17, 15) is 19.2 Å². The topological polar surface area (TPSA) is 111 Å². The third-order valence-corrected chi connectivity index (χ3v) is 5.22. The van der Waals surface area contributed by atoms with Crippen LogP contribution in [0.1, 0.15) is 51.5 Å². The van der Waals surface area contributed by atoms with Gasteiger partial charge in [0.15, 0.2) is 6.10 Å². The smallest absolute Gasteiger partial charge is 0.329 e. The number of hydrogen-bond donors (Lipinski definition) is 1. The highest BCUT2D eigenvalue weighted by Crippen LogP contribution is 2.26. The lowest BCUT2D eigenvalue weighted by atomic mass is 10.1. The van der Waals surface area contributed by atoms with Gasteiger partial charge in [-0.15, -0.1) is 0 Å². The Hall–Kier alpha value is -3.49. The number of imide groups is 1. The summed E-state index contributed by atoms with van der Waals surface area (Å²) >= 11 is 0. The maximum atomic E-state index is 12.7. The maximum absolute atomic E-state index is 12.7. The van der Waals surface area contributed by atoms with Gasteiger partial charge in [-0.3, -0.25) is 24.0 Å². The zero-order valence-corrected chi connectivity index (χ0v) is 17.8. The van der Waals surface area contributed by atoms with Crippen LogP contribution < -0.4 is 5.32 Å². The first-order valence-corrected chi connectivity index (χ1v) is 9.53. The van der Waals surface area contributed by atoms with Gasteiger partial charge < -0.3 is 10.1 Å². The molecule has 30 heavy (non-hydrogen) atoms. The lowest BCUT2D eigenvalue weighted by Gasteiger charge is -2.22. The van der Waals surface area contributed by atoms with Crippen molar-refractivity contribution in [2.75, 3.05) is 5.32 Å². The number of amides is 3. The lowest BCUT2D eigenvalue weighted by molar-refractivity contribution is -0.156. The standard InChI is InChI=1S/C21H24N4O5/c1-10-7-8-15-16(9-10)20(28)25(19(15)27)13(4)21(29)30-14(5)18(26)22-17-11(2)23-24(6)12(17)3/h7-9,13-14H,1-6H3,(H,22,26). The van der Waals surface area contributed by atoms with Gasteiger partial charge in [-0.1, -0.05) is 11.6 Å². The SMILES string of the molecule is Cc1ccc2c(c1)C(=O)N(C(C)C(=O)OC(C)C(=O)Nc1c(C)nn(C)c1C)C2=O. The van der Waals surface area contributed by atoms with Gasteiger partial charge in [0.1, 0.15) is 6.04 Å². The van der Waals surface area contributed by atoms with E-state index in [2.05, 4.69) is 10.4 Å². The minimum atomic E-state index is -1.17. The highest BCUT2D eigenvalue weighted by Gasteiger charge is 2.42. The molecule has 1 N–H and O–H groups in total. The first-order chi connectivity index (χ1) is 14.0. The van der Waals surface area contributed by atoms with E-state index in [1.165, 1.54) is 13.8 Å². The molecule has 3 amide bonds. The number of benzene rings is 1.